The zero-order valence-corrected chi connectivity index (χ0v) is 15.0. The number of hydrogen-bond donors (Lipinski definition) is 1. The van der Waals surface area contributed by atoms with Gasteiger partial charge >= 0.3 is 0 Å². The standard InChI is InChI=1S/C21H19N5O/c1-26(12-9-16-7-10-23-11-8-16)21(27)18-5-6-20(24-15-18)25-19-4-2-3-17(13-19)14-22/h2-8,10-11,13,15H,9,12H2,1H3,(H,24,25). The fourth-order valence-electron chi connectivity index (χ4n) is 2.58. The van der Waals surface area contributed by atoms with Crippen LogP contribution in [-0.2, 0) is 6.42 Å². The number of carbonyl (C=O) groups excluding carboxylic acids is 1. The summed E-state index contributed by atoms with van der Waals surface area (Å²) in [6.07, 6.45) is 5.83. The molecule has 0 saturated carbocycles. The lowest BCUT2D eigenvalue weighted by Gasteiger charge is -2.17. The van der Waals surface area contributed by atoms with E-state index < -0.39 is 0 Å². The molecule has 0 aliphatic carbocycles. The van der Waals surface area contributed by atoms with Gasteiger partial charge in [0.15, 0.2) is 0 Å². The highest BCUT2D eigenvalue weighted by Gasteiger charge is 2.12. The molecule has 0 saturated heterocycles. The average molecular weight is 357 g/mol. The Morgan fingerprint density at radius 3 is 2.70 bits per heavy atom. The number of aromatic nitrogens is 2. The number of likely N-dealkylation sites (N-methyl/N-ethyl adjacent to an activating group) is 1. The van der Waals surface area contributed by atoms with Crippen LogP contribution in [0.25, 0.3) is 0 Å². The third-order valence-electron chi connectivity index (χ3n) is 4.11. The number of nitrogens with zero attached hydrogens (tertiary/aromatic N) is 4. The number of pyridine rings is 2. The molecular formula is C21H19N5O. The summed E-state index contributed by atoms with van der Waals surface area (Å²) in [6.45, 7) is 0.615. The number of benzene rings is 1. The van der Waals surface area contributed by atoms with Crippen molar-refractivity contribution in [3.05, 3.63) is 83.8 Å². The van der Waals surface area contributed by atoms with Crippen molar-refractivity contribution in [3.63, 3.8) is 0 Å². The first-order valence-electron chi connectivity index (χ1n) is 8.53. The van der Waals surface area contributed by atoms with Gasteiger partial charge in [0.1, 0.15) is 5.82 Å². The van der Waals surface area contributed by atoms with Crippen LogP contribution in [0.5, 0.6) is 0 Å². The SMILES string of the molecule is CN(CCc1ccncc1)C(=O)c1ccc(Nc2cccc(C#N)c2)nc1. The van der Waals surface area contributed by atoms with Gasteiger partial charge in [0.05, 0.1) is 17.2 Å². The first-order valence-corrected chi connectivity index (χ1v) is 8.53. The van der Waals surface area contributed by atoms with Crippen molar-refractivity contribution in [1.82, 2.24) is 14.9 Å². The van der Waals surface area contributed by atoms with Gasteiger partial charge in [0, 0.05) is 37.9 Å². The minimum Gasteiger partial charge on any atom is -0.341 e. The molecule has 0 fully saturated rings. The van der Waals surface area contributed by atoms with Gasteiger partial charge in [0.25, 0.3) is 5.91 Å². The zero-order chi connectivity index (χ0) is 19.1. The third kappa shape index (κ3) is 4.89. The van der Waals surface area contributed by atoms with Crippen molar-refractivity contribution in [3.8, 4) is 6.07 Å². The smallest absolute Gasteiger partial charge is 0.255 e. The average Bonchev–Trinajstić information content (AvgIpc) is 2.73. The third-order valence-corrected chi connectivity index (χ3v) is 4.11. The monoisotopic (exact) mass is 357 g/mol. The summed E-state index contributed by atoms with van der Waals surface area (Å²) in [5, 5.41) is 12.1. The molecule has 3 aromatic rings. The molecule has 6 heteroatoms. The lowest BCUT2D eigenvalue weighted by Crippen LogP contribution is -2.28. The molecule has 1 amide bonds. The molecular weight excluding hydrogens is 338 g/mol. The number of rotatable bonds is 6. The molecule has 134 valence electrons. The maximum absolute atomic E-state index is 12.5. The van der Waals surface area contributed by atoms with E-state index in [-0.39, 0.29) is 5.91 Å². The van der Waals surface area contributed by atoms with Crippen molar-refractivity contribution < 1.29 is 4.79 Å². The number of amides is 1. The second-order valence-corrected chi connectivity index (χ2v) is 6.08. The summed E-state index contributed by atoms with van der Waals surface area (Å²) in [6, 6.07) is 16.6. The Balaban J connectivity index is 1.60. The maximum atomic E-state index is 12.5. The van der Waals surface area contributed by atoms with Crippen molar-refractivity contribution in [2.75, 3.05) is 18.9 Å². The molecule has 0 atom stereocenters. The van der Waals surface area contributed by atoms with Crippen molar-refractivity contribution in [2.24, 2.45) is 0 Å². The topological polar surface area (TPSA) is 81.9 Å². The summed E-state index contributed by atoms with van der Waals surface area (Å²) in [5.41, 5.74) is 3.02. The molecule has 3 rings (SSSR count). The molecule has 1 aromatic carbocycles. The van der Waals surface area contributed by atoms with Gasteiger partial charge in [-0.1, -0.05) is 6.07 Å². The zero-order valence-electron chi connectivity index (χ0n) is 15.0. The van der Waals surface area contributed by atoms with E-state index in [4.69, 9.17) is 5.26 Å². The largest absolute Gasteiger partial charge is 0.341 e. The Bertz CT molecular complexity index is 948. The number of nitriles is 1. The lowest BCUT2D eigenvalue weighted by atomic mass is 10.2. The first-order chi connectivity index (χ1) is 13.2. The Morgan fingerprint density at radius 1 is 1.19 bits per heavy atom. The van der Waals surface area contributed by atoms with Gasteiger partial charge in [-0.3, -0.25) is 9.78 Å². The van der Waals surface area contributed by atoms with Crippen LogP contribution >= 0.6 is 0 Å². The van der Waals surface area contributed by atoms with Crippen LogP contribution in [0.1, 0.15) is 21.5 Å². The summed E-state index contributed by atoms with van der Waals surface area (Å²) < 4.78 is 0. The maximum Gasteiger partial charge on any atom is 0.255 e. The number of carbonyl (C=O) groups is 1. The molecule has 2 heterocycles. The summed E-state index contributed by atoms with van der Waals surface area (Å²) in [4.78, 5) is 22.5. The molecule has 0 aliphatic rings. The van der Waals surface area contributed by atoms with Crippen LogP contribution in [0, 0.1) is 11.3 Å². The predicted octanol–water partition coefficient (Wildman–Crippen LogP) is 3.41. The predicted molar refractivity (Wildman–Crippen MR) is 104 cm³/mol. The van der Waals surface area contributed by atoms with E-state index >= 15 is 0 Å². The van der Waals surface area contributed by atoms with Gasteiger partial charge in [-0.2, -0.15) is 5.26 Å². The van der Waals surface area contributed by atoms with Crippen LogP contribution in [0.2, 0.25) is 0 Å². The molecule has 0 aliphatic heterocycles. The minimum absolute atomic E-state index is 0.0745. The Morgan fingerprint density at radius 2 is 2.00 bits per heavy atom. The Labute approximate surface area is 158 Å². The van der Waals surface area contributed by atoms with Crippen molar-refractivity contribution >= 4 is 17.4 Å². The second-order valence-electron chi connectivity index (χ2n) is 6.08. The summed E-state index contributed by atoms with van der Waals surface area (Å²) in [7, 11) is 1.78. The van der Waals surface area contributed by atoms with E-state index in [1.165, 1.54) is 0 Å². The fourth-order valence-corrected chi connectivity index (χ4v) is 2.58. The van der Waals surface area contributed by atoms with Crippen LogP contribution in [-0.4, -0.2) is 34.4 Å². The molecule has 2 aromatic heterocycles. The van der Waals surface area contributed by atoms with Gasteiger partial charge in [0.2, 0.25) is 0 Å². The molecule has 0 unspecified atom stereocenters. The van der Waals surface area contributed by atoms with Gasteiger partial charge < -0.3 is 10.2 Å². The molecule has 1 N–H and O–H groups in total. The number of anilines is 2. The second kappa shape index (κ2) is 8.59. The van der Waals surface area contributed by atoms with Gasteiger partial charge in [-0.25, -0.2) is 4.98 Å². The van der Waals surface area contributed by atoms with E-state index in [0.29, 0.717) is 23.5 Å². The molecule has 0 radical (unpaired) electrons. The number of nitrogens with one attached hydrogen (secondary N) is 1. The Hall–Kier alpha value is -3.72. The highest BCUT2D eigenvalue weighted by Crippen LogP contribution is 2.16. The summed E-state index contributed by atoms with van der Waals surface area (Å²) in [5.74, 6) is 0.538. The number of hydrogen-bond acceptors (Lipinski definition) is 5. The van der Waals surface area contributed by atoms with Crippen LogP contribution < -0.4 is 5.32 Å². The molecule has 27 heavy (non-hydrogen) atoms. The highest BCUT2D eigenvalue weighted by molar-refractivity contribution is 5.94. The van der Waals surface area contributed by atoms with E-state index in [9.17, 15) is 4.79 Å². The highest BCUT2D eigenvalue weighted by atomic mass is 16.2. The first kappa shape index (κ1) is 18.1. The van der Waals surface area contributed by atoms with Crippen molar-refractivity contribution in [2.45, 2.75) is 6.42 Å². The van der Waals surface area contributed by atoms with E-state index in [1.54, 1.807) is 60.9 Å². The van der Waals surface area contributed by atoms with Gasteiger partial charge in [-0.15, -0.1) is 0 Å². The molecule has 6 nitrogen and oxygen atoms in total. The fraction of sp³-hybridized carbons (Fsp3) is 0.143. The van der Waals surface area contributed by atoms with E-state index in [0.717, 1.165) is 17.7 Å². The quantitative estimate of drug-likeness (QED) is 0.731. The van der Waals surface area contributed by atoms with Gasteiger partial charge in [-0.05, 0) is 54.4 Å². The molecule has 0 bridgehead atoms. The van der Waals surface area contributed by atoms with E-state index in [1.807, 2.05) is 18.2 Å². The van der Waals surface area contributed by atoms with E-state index in [2.05, 4.69) is 21.4 Å². The molecule has 0 spiro atoms. The van der Waals surface area contributed by atoms with Crippen LogP contribution in [0.15, 0.2) is 67.1 Å². The van der Waals surface area contributed by atoms with Crippen LogP contribution in [0.4, 0.5) is 11.5 Å². The normalized spacial score (nSPS) is 10.1. The van der Waals surface area contributed by atoms with Crippen molar-refractivity contribution in [1.29, 1.82) is 5.26 Å². The Kier molecular flexibility index (Phi) is 5.75. The minimum atomic E-state index is -0.0745. The summed E-state index contributed by atoms with van der Waals surface area (Å²) >= 11 is 0. The lowest BCUT2D eigenvalue weighted by molar-refractivity contribution is 0.0796. The van der Waals surface area contributed by atoms with Crippen LogP contribution in [0.3, 0.4) is 0 Å².